The third-order valence-electron chi connectivity index (χ3n) is 3.60. The van der Waals surface area contributed by atoms with E-state index in [0.29, 0.717) is 17.5 Å². The van der Waals surface area contributed by atoms with E-state index in [1.54, 1.807) is 6.92 Å². The van der Waals surface area contributed by atoms with Gasteiger partial charge in [-0.1, -0.05) is 20.8 Å². The average Bonchev–Trinajstić information content (AvgIpc) is 2.92. The molecule has 0 aromatic carbocycles. The van der Waals surface area contributed by atoms with E-state index in [4.69, 9.17) is 0 Å². The zero-order valence-corrected chi connectivity index (χ0v) is 12.4. The Bertz CT molecular complexity index is 530. The van der Waals surface area contributed by atoms with Crippen LogP contribution in [0.4, 0.5) is 17.5 Å². The van der Waals surface area contributed by atoms with Crippen molar-refractivity contribution in [3.8, 4) is 0 Å². The van der Waals surface area contributed by atoms with Gasteiger partial charge < -0.3 is 10.6 Å². The van der Waals surface area contributed by atoms with Crippen molar-refractivity contribution in [3.05, 3.63) is 15.8 Å². The zero-order chi connectivity index (χ0) is 14.9. The van der Waals surface area contributed by atoms with Gasteiger partial charge >= 0.3 is 5.69 Å². The van der Waals surface area contributed by atoms with Gasteiger partial charge in [0.05, 0.1) is 4.92 Å². The van der Waals surface area contributed by atoms with Crippen molar-refractivity contribution in [3.63, 3.8) is 0 Å². The molecule has 0 radical (unpaired) electrons. The average molecular weight is 279 g/mol. The van der Waals surface area contributed by atoms with E-state index >= 15 is 0 Å². The van der Waals surface area contributed by atoms with Crippen LogP contribution in [0.3, 0.4) is 0 Å². The minimum Gasteiger partial charge on any atom is -0.361 e. The van der Waals surface area contributed by atoms with Crippen molar-refractivity contribution in [2.45, 2.75) is 46.6 Å². The first kappa shape index (κ1) is 14.5. The van der Waals surface area contributed by atoms with Crippen LogP contribution in [-0.2, 0) is 0 Å². The molecule has 0 saturated heterocycles. The summed E-state index contributed by atoms with van der Waals surface area (Å²) in [5.41, 5.74) is 0.517. The van der Waals surface area contributed by atoms with Crippen LogP contribution in [0.5, 0.6) is 0 Å². The molecule has 7 nitrogen and oxygen atoms in total. The summed E-state index contributed by atoms with van der Waals surface area (Å²) in [5, 5.41) is 17.4. The Balaban J connectivity index is 2.29. The molecule has 1 fully saturated rings. The van der Waals surface area contributed by atoms with Crippen LogP contribution < -0.4 is 10.6 Å². The van der Waals surface area contributed by atoms with Crippen molar-refractivity contribution in [2.24, 2.45) is 5.41 Å². The van der Waals surface area contributed by atoms with E-state index in [1.165, 1.54) is 0 Å². The van der Waals surface area contributed by atoms with Crippen molar-refractivity contribution >= 4 is 17.5 Å². The van der Waals surface area contributed by atoms with Crippen LogP contribution in [0.1, 0.15) is 39.3 Å². The van der Waals surface area contributed by atoms with Gasteiger partial charge in [-0.2, -0.15) is 4.98 Å². The SMILES string of the molecule is CCCNc1nc(C)c([N+](=O)[O-])c(NC2CC2(C)C)n1. The molecule has 0 amide bonds. The number of nitrogens with one attached hydrogen (secondary N) is 2. The summed E-state index contributed by atoms with van der Waals surface area (Å²) in [6.07, 6.45) is 1.93. The van der Waals surface area contributed by atoms with E-state index in [9.17, 15) is 10.1 Å². The van der Waals surface area contributed by atoms with E-state index in [-0.39, 0.29) is 17.1 Å². The number of aryl methyl sites for hydroxylation is 1. The molecule has 1 heterocycles. The van der Waals surface area contributed by atoms with E-state index in [1.807, 2.05) is 6.92 Å². The Morgan fingerprint density at radius 3 is 2.60 bits per heavy atom. The van der Waals surface area contributed by atoms with Crippen LogP contribution in [0.15, 0.2) is 0 Å². The van der Waals surface area contributed by atoms with Crippen LogP contribution in [0.2, 0.25) is 0 Å². The summed E-state index contributed by atoms with van der Waals surface area (Å²) < 4.78 is 0. The molecular formula is C13H21N5O2. The van der Waals surface area contributed by atoms with Gasteiger partial charge in [0.15, 0.2) is 0 Å². The topological polar surface area (TPSA) is 93.0 Å². The van der Waals surface area contributed by atoms with E-state index in [2.05, 4.69) is 34.4 Å². The van der Waals surface area contributed by atoms with Crippen molar-refractivity contribution in [1.29, 1.82) is 0 Å². The summed E-state index contributed by atoms with van der Waals surface area (Å²) in [6, 6.07) is 0.231. The summed E-state index contributed by atoms with van der Waals surface area (Å²) in [7, 11) is 0. The first-order valence-electron chi connectivity index (χ1n) is 6.88. The van der Waals surface area contributed by atoms with Gasteiger partial charge in [-0.25, -0.2) is 4.98 Å². The number of hydrogen-bond acceptors (Lipinski definition) is 6. The molecule has 0 spiro atoms. The van der Waals surface area contributed by atoms with Crippen LogP contribution in [-0.4, -0.2) is 27.5 Å². The Morgan fingerprint density at radius 1 is 1.45 bits per heavy atom. The molecule has 1 aliphatic rings. The second-order valence-electron chi connectivity index (χ2n) is 5.90. The lowest BCUT2D eigenvalue weighted by Gasteiger charge is -2.11. The van der Waals surface area contributed by atoms with Gasteiger partial charge in [0.1, 0.15) is 5.69 Å². The van der Waals surface area contributed by atoms with Gasteiger partial charge in [-0.05, 0) is 25.2 Å². The van der Waals surface area contributed by atoms with Gasteiger partial charge in [-0.3, -0.25) is 10.1 Å². The maximum Gasteiger partial charge on any atom is 0.332 e. The number of rotatable bonds is 6. The highest BCUT2D eigenvalue weighted by Gasteiger charge is 2.46. The molecule has 20 heavy (non-hydrogen) atoms. The second kappa shape index (κ2) is 5.22. The van der Waals surface area contributed by atoms with Crippen molar-refractivity contribution in [1.82, 2.24) is 9.97 Å². The zero-order valence-electron chi connectivity index (χ0n) is 12.4. The largest absolute Gasteiger partial charge is 0.361 e. The van der Waals surface area contributed by atoms with Crippen LogP contribution >= 0.6 is 0 Å². The monoisotopic (exact) mass is 279 g/mol. The van der Waals surface area contributed by atoms with Crippen LogP contribution in [0, 0.1) is 22.5 Å². The molecule has 1 unspecified atom stereocenters. The van der Waals surface area contributed by atoms with Crippen molar-refractivity contribution in [2.75, 3.05) is 17.2 Å². The lowest BCUT2D eigenvalue weighted by atomic mass is 10.2. The summed E-state index contributed by atoms with van der Waals surface area (Å²) in [4.78, 5) is 19.2. The third kappa shape index (κ3) is 2.97. The first-order valence-corrected chi connectivity index (χ1v) is 6.88. The van der Waals surface area contributed by atoms with Gasteiger partial charge in [0.25, 0.3) is 0 Å². The fraction of sp³-hybridized carbons (Fsp3) is 0.692. The smallest absolute Gasteiger partial charge is 0.332 e. The minimum atomic E-state index is -0.420. The molecule has 1 aromatic heterocycles. The van der Waals surface area contributed by atoms with Gasteiger partial charge in [0.2, 0.25) is 11.8 Å². The van der Waals surface area contributed by atoms with Gasteiger partial charge in [0, 0.05) is 12.6 Å². The fourth-order valence-corrected chi connectivity index (χ4v) is 2.08. The number of aromatic nitrogens is 2. The normalized spacial score (nSPS) is 19.5. The Labute approximate surface area is 118 Å². The number of anilines is 2. The Kier molecular flexibility index (Phi) is 3.78. The second-order valence-corrected chi connectivity index (χ2v) is 5.90. The molecule has 1 aliphatic carbocycles. The standard InChI is InChI=1S/C13H21N5O2/c1-5-6-14-12-15-8(2)10(18(19)20)11(17-12)16-9-7-13(9,3)4/h9H,5-7H2,1-4H3,(H2,14,15,16,17). The predicted octanol–water partition coefficient (Wildman–Crippen LogP) is 2.73. The number of nitro groups is 1. The maximum atomic E-state index is 11.2. The molecule has 2 rings (SSSR count). The molecule has 7 heteroatoms. The molecular weight excluding hydrogens is 258 g/mol. The number of hydrogen-bond donors (Lipinski definition) is 2. The molecule has 1 saturated carbocycles. The molecule has 1 atom stereocenters. The lowest BCUT2D eigenvalue weighted by Crippen LogP contribution is -2.15. The molecule has 1 aromatic rings. The lowest BCUT2D eigenvalue weighted by molar-refractivity contribution is -0.385. The fourth-order valence-electron chi connectivity index (χ4n) is 2.08. The number of nitrogens with zero attached hydrogens (tertiary/aromatic N) is 3. The predicted molar refractivity (Wildman–Crippen MR) is 78.0 cm³/mol. The summed E-state index contributed by atoms with van der Waals surface area (Å²) in [5.74, 6) is 0.757. The molecule has 110 valence electrons. The third-order valence-corrected chi connectivity index (χ3v) is 3.60. The highest BCUT2D eigenvalue weighted by atomic mass is 16.6. The maximum absolute atomic E-state index is 11.2. The van der Waals surface area contributed by atoms with Crippen molar-refractivity contribution < 1.29 is 4.92 Å². The van der Waals surface area contributed by atoms with Gasteiger partial charge in [-0.15, -0.1) is 0 Å². The Hall–Kier alpha value is -1.92. The van der Waals surface area contributed by atoms with Crippen LogP contribution in [0.25, 0.3) is 0 Å². The first-order chi connectivity index (χ1) is 9.35. The van der Waals surface area contributed by atoms with E-state index in [0.717, 1.165) is 19.4 Å². The summed E-state index contributed by atoms with van der Waals surface area (Å²) in [6.45, 7) is 8.67. The highest BCUT2D eigenvalue weighted by Crippen LogP contribution is 2.47. The Morgan fingerprint density at radius 2 is 2.10 bits per heavy atom. The molecule has 0 aliphatic heterocycles. The quantitative estimate of drug-likeness (QED) is 0.614. The summed E-state index contributed by atoms with van der Waals surface area (Å²) >= 11 is 0. The molecule has 2 N–H and O–H groups in total. The molecule has 0 bridgehead atoms. The minimum absolute atomic E-state index is 0.0326. The highest BCUT2D eigenvalue weighted by molar-refractivity contribution is 5.62. The van der Waals surface area contributed by atoms with E-state index < -0.39 is 4.92 Å².